The van der Waals surface area contributed by atoms with Crippen molar-refractivity contribution in [2.75, 3.05) is 5.75 Å². The Morgan fingerprint density at radius 2 is 2.09 bits per heavy atom. The second-order valence-electron chi connectivity index (χ2n) is 4.19. The zero-order chi connectivity index (χ0) is 15.7. The van der Waals surface area contributed by atoms with Crippen LogP contribution in [0.3, 0.4) is 0 Å². The average molecular weight is 356 g/mol. The van der Waals surface area contributed by atoms with E-state index in [0.29, 0.717) is 20.8 Å². The normalized spacial score (nSPS) is 11.0. The SMILES string of the molecule is O=C(CSc1nnc2[nH]c(=O)cnn12)c1ccc(Cl)c(Cl)c1. The van der Waals surface area contributed by atoms with Gasteiger partial charge in [0.15, 0.2) is 5.78 Å². The number of nitrogens with one attached hydrogen (secondary N) is 1. The van der Waals surface area contributed by atoms with Crippen molar-refractivity contribution < 1.29 is 4.79 Å². The minimum atomic E-state index is -0.372. The van der Waals surface area contributed by atoms with Gasteiger partial charge in [0, 0.05) is 5.56 Å². The predicted octanol–water partition coefficient (Wildman–Crippen LogP) is 2.09. The van der Waals surface area contributed by atoms with Crippen molar-refractivity contribution in [3.8, 4) is 0 Å². The van der Waals surface area contributed by atoms with Crippen molar-refractivity contribution in [3.63, 3.8) is 0 Å². The summed E-state index contributed by atoms with van der Waals surface area (Å²) in [4.78, 5) is 25.7. The highest BCUT2D eigenvalue weighted by Crippen LogP contribution is 2.24. The molecule has 10 heteroatoms. The van der Waals surface area contributed by atoms with Crippen LogP contribution >= 0.6 is 35.0 Å². The highest BCUT2D eigenvalue weighted by molar-refractivity contribution is 7.99. The van der Waals surface area contributed by atoms with Crippen molar-refractivity contribution in [1.29, 1.82) is 0 Å². The summed E-state index contributed by atoms with van der Waals surface area (Å²) in [6, 6.07) is 4.69. The van der Waals surface area contributed by atoms with Crippen LogP contribution in [0.4, 0.5) is 0 Å². The number of fused-ring (bicyclic) bond motifs is 1. The average Bonchev–Trinajstić information content (AvgIpc) is 2.89. The molecular formula is C12H7Cl2N5O2S. The summed E-state index contributed by atoms with van der Waals surface area (Å²) in [5.74, 6) is 0.209. The number of aromatic nitrogens is 5. The molecule has 0 atom stereocenters. The van der Waals surface area contributed by atoms with Gasteiger partial charge in [-0.1, -0.05) is 35.0 Å². The van der Waals surface area contributed by atoms with E-state index >= 15 is 0 Å². The third kappa shape index (κ3) is 2.99. The maximum Gasteiger partial charge on any atom is 0.271 e. The molecule has 0 spiro atoms. The Hall–Kier alpha value is -1.90. The summed E-state index contributed by atoms with van der Waals surface area (Å²) in [6.45, 7) is 0. The Kier molecular flexibility index (Phi) is 4.14. The number of hydrogen-bond acceptors (Lipinski definition) is 6. The maximum absolute atomic E-state index is 12.1. The van der Waals surface area contributed by atoms with E-state index in [-0.39, 0.29) is 22.9 Å². The zero-order valence-corrected chi connectivity index (χ0v) is 13.1. The van der Waals surface area contributed by atoms with Crippen molar-refractivity contribution in [3.05, 3.63) is 50.4 Å². The van der Waals surface area contributed by atoms with Gasteiger partial charge in [-0.3, -0.25) is 14.6 Å². The first-order valence-electron chi connectivity index (χ1n) is 5.96. The number of carbonyl (C=O) groups is 1. The summed E-state index contributed by atoms with van der Waals surface area (Å²) in [7, 11) is 0. The predicted molar refractivity (Wildman–Crippen MR) is 82.9 cm³/mol. The molecule has 3 aromatic rings. The van der Waals surface area contributed by atoms with E-state index in [2.05, 4.69) is 20.3 Å². The van der Waals surface area contributed by atoms with E-state index in [4.69, 9.17) is 23.2 Å². The van der Waals surface area contributed by atoms with Crippen LogP contribution in [0.15, 0.2) is 34.3 Å². The molecule has 112 valence electrons. The van der Waals surface area contributed by atoms with Crippen molar-refractivity contribution in [1.82, 2.24) is 24.8 Å². The van der Waals surface area contributed by atoms with Gasteiger partial charge in [-0.25, -0.2) is 0 Å². The zero-order valence-electron chi connectivity index (χ0n) is 10.8. The number of Topliss-reactive ketones (excluding diaryl/α,β-unsaturated/α-hetero) is 1. The molecule has 1 aromatic carbocycles. The summed E-state index contributed by atoms with van der Waals surface area (Å²) in [5.41, 5.74) is 0.0837. The summed E-state index contributed by atoms with van der Waals surface area (Å²) >= 11 is 12.9. The molecule has 0 saturated carbocycles. The van der Waals surface area contributed by atoms with Gasteiger partial charge in [0.2, 0.25) is 5.16 Å². The third-order valence-corrected chi connectivity index (χ3v) is 4.37. The lowest BCUT2D eigenvalue weighted by atomic mass is 10.1. The highest BCUT2D eigenvalue weighted by Gasteiger charge is 2.13. The molecular weight excluding hydrogens is 349 g/mol. The van der Waals surface area contributed by atoms with Gasteiger partial charge in [-0.05, 0) is 18.2 Å². The molecule has 2 aromatic heterocycles. The summed E-state index contributed by atoms with van der Waals surface area (Å²) in [6.07, 6.45) is 1.11. The number of hydrogen-bond donors (Lipinski definition) is 1. The third-order valence-electron chi connectivity index (χ3n) is 2.71. The molecule has 0 bridgehead atoms. The van der Waals surface area contributed by atoms with Crippen molar-refractivity contribution in [2.24, 2.45) is 0 Å². The van der Waals surface area contributed by atoms with Gasteiger partial charge in [0.25, 0.3) is 11.3 Å². The van der Waals surface area contributed by atoms with Crippen molar-refractivity contribution in [2.45, 2.75) is 5.16 Å². The number of carbonyl (C=O) groups excluding carboxylic acids is 1. The first kappa shape index (κ1) is 15.0. The van der Waals surface area contributed by atoms with Crippen LogP contribution in [0.1, 0.15) is 10.4 Å². The molecule has 0 unspecified atom stereocenters. The molecule has 0 amide bonds. The Bertz CT molecular complexity index is 923. The van der Waals surface area contributed by atoms with Crippen LogP contribution < -0.4 is 5.56 Å². The Morgan fingerprint density at radius 1 is 1.27 bits per heavy atom. The molecule has 0 aliphatic carbocycles. The van der Waals surface area contributed by atoms with Crippen molar-refractivity contribution >= 4 is 46.5 Å². The topological polar surface area (TPSA) is 93.0 Å². The molecule has 2 heterocycles. The fraction of sp³-hybridized carbons (Fsp3) is 0.0833. The lowest BCUT2D eigenvalue weighted by molar-refractivity contribution is 0.102. The molecule has 3 rings (SSSR count). The lowest BCUT2D eigenvalue weighted by Gasteiger charge is -2.02. The van der Waals surface area contributed by atoms with E-state index in [0.717, 1.165) is 18.0 Å². The minimum Gasteiger partial charge on any atom is -0.293 e. The van der Waals surface area contributed by atoms with Crippen LogP contribution in [0.25, 0.3) is 5.78 Å². The largest absolute Gasteiger partial charge is 0.293 e. The summed E-state index contributed by atoms with van der Waals surface area (Å²) in [5, 5.41) is 12.7. The van der Waals surface area contributed by atoms with Crippen LogP contribution in [-0.4, -0.2) is 36.3 Å². The van der Waals surface area contributed by atoms with Gasteiger partial charge in [0.05, 0.1) is 15.8 Å². The van der Waals surface area contributed by atoms with E-state index in [1.54, 1.807) is 12.1 Å². The molecule has 1 N–H and O–H groups in total. The monoisotopic (exact) mass is 355 g/mol. The van der Waals surface area contributed by atoms with Gasteiger partial charge in [0.1, 0.15) is 6.20 Å². The van der Waals surface area contributed by atoms with E-state index in [9.17, 15) is 9.59 Å². The number of thioether (sulfide) groups is 1. The number of benzene rings is 1. The molecule has 0 radical (unpaired) electrons. The number of nitrogens with zero attached hydrogens (tertiary/aromatic N) is 4. The quantitative estimate of drug-likeness (QED) is 0.568. The lowest BCUT2D eigenvalue weighted by Crippen LogP contribution is -2.10. The van der Waals surface area contributed by atoms with Gasteiger partial charge in [-0.15, -0.1) is 10.2 Å². The standard InChI is InChI=1S/C12H7Cl2N5O2S/c13-7-2-1-6(3-8(7)14)9(20)5-22-12-18-17-11-16-10(21)4-15-19(11)12/h1-4H,5H2,(H,16,17,21). The first-order valence-corrected chi connectivity index (χ1v) is 7.70. The number of halogens is 2. The smallest absolute Gasteiger partial charge is 0.271 e. The second kappa shape index (κ2) is 6.07. The Morgan fingerprint density at radius 3 is 2.86 bits per heavy atom. The Labute approximate surface area is 137 Å². The maximum atomic E-state index is 12.1. The molecule has 0 aliphatic heterocycles. The molecule has 7 nitrogen and oxygen atoms in total. The number of aromatic amines is 1. The minimum absolute atomic E-state index is 0.125. The van der Waals surface area contributed by atoms with Gasteiger partial charge in [-0.2, -0.15) is 9.61 Å². The highest BCUT2D eigenvalue weighted by atomic mass is 35.5. The molecule has 0 aliphatic rings. The molecule has 0 fully saturated rings. The van der Waals surface area contributed by atoms with Gasteiger partial charge >= 0.3 is 0 Å². The summed E-state index contributed by atoms with van der Waals surface area (Å²) < 4.78 is 1.36. The molecule has 0 saturated heterocycles. The number of rotatable bonds is 4. The molecule has 22 heavy (non-hydrogen) atoms. The van der Waals surface area contributed by atoms with Crippen LogP contribution in [-0.2, 0) is 0 Å². The fourth-order valence-electron chi connectivity index (χ4n) is 1.67. The number of H-pyrrole nitrogens is 1. The van der Waals surface area contributed by atoms with E-state index < -0.39 is 0 Å². The Balaban J connectivity index is 1.77. The van der Waals surface area contributed by atoms with Crippen LogP contribution in [0.2, 0.25) is 10.0 Å². The van der Waals surface area contributed by atoms with E-state index in [1.807, 2.05) is 0 Å². The van der Waals surface area contributed by atoms with E-state index in [1.165, 1.54) is 10.6 Å². The number of ketones is 1. The second-order valence-corrected chi connectivity index (χ2v) is 5.95. The van der Waals surface area contributed by atoms with Crippen LogP contribution in [0, 0.1) is 0 Å². The van der Waals surface area contributed by atoms with Crippen LogP contribution in [0.5, 0.6) is 0 Å². The van der Waals surface area contributed by atoms with Gasteiger partial charge < -0.3 is 0 Å². The fourth-order valence-corrected chi connectivity index (χ4v) is 2.75. The first-order chi connectivity index (χ1) is 10.5.